The summed E-state index contributed by atoms with van der Waals surface area (Å²) >= 11 is 0. The van der Waals surface area contributed by atoms with Gasteiger partial charge in [-0.2, -0.15) is 10.3 Å². The van der Waals surface area contributed by atoms with E-state index in [4.69, 9.17) is 4.84 Å². The molecule has 4 nitrogen and oxygen atoms in total. The fourth-order valence-corrected chi connectivity index (χ4v) is 2.29. The lowest BCUT2D eigenvalue weighted by Gasteiger charge is -2.35. The lowest BCUT2D eigenvalue weighted by atomic mass is 9.92. The van der Waals surface area contributed by atoms with E-state index in [1.54, 1.807) is 11.1 Å². The summed E-state index contributed by atoms with van der Waals surface area (Å²) in [5.74, 6) is 0. The van der Waals surface area contributed by atoms with Gasteiger partial charge >= 0.3 is 0 Å². The maximum absolute atomic E-state index is 10.4. The van der Waals surface area contributed by atoms with Crippen LogP contribution in [0.2, 0.25) is 0 Å². The normalized spacial score (nSPS) is 22.2. The summed E-state index contributed by atoms with van der Waals surface area (Å²) in [6.45, 7) is 6.46. The second-order valence-corrected chi connectivity index (χ2v) is 5.94. The molecule has 0 aliphatic carbocycles. The Kier molecular flexibility index (Phi) is 3.91. The highest BCUT2D eigenvalue weighted by Gasteiger charge is 2.38. The topological polar surface area (TPSA) is 56.5 Å². The van der Waals surface area contributed by atoms with E-state index < -0.39 is 6.23 Å². The summed E-state index contributed by atoms with van der Waals surface area (Å²) in [5.41, 5.74) is 1.26. The maximum atomic E-state index is 10.4. The molecule has 1 aromatic rings. The molecule has 0 radical (unpaired) electrons. The van der Waals surface area contributed by atoms with Gasteiger partial charge in [0.25, 0.3) is 0 Å². The van der Waals surface area contributed by atoms with Gasteiger partial charge in [0.05, 0.1) is 24.3 Å². The fourth-order valence-electron chi connectivity index (χ4n) is 2.29. The molecular formula is C15H20N2O2. The molecule has 0 amide bonds. The van der Waals surface area contributed by atoms with Gasteiger partial charge in [-0.1, -0.05) is 39.0 Å². The number of nitrogens with zero attached hydrogens (tertiary/aromatic N) is 2. The van der Waals surface area contributed by atoms with Gasteiger partial charge in [-0.15, -0.1) is 0 Å². The third-order valence-electron chi connectivity index (χ3n) is 3.39. The summed E-state index contributed by atoms with van der Waals surface area (Å²) in [7, 11) is 0. The Hall–Kier alpha value is -1.41. The molecule has 102 valence electrons. The van der Waals surface area contributed by atoms with Gasteiger partial charge in [-0.3, -0.25) is 4.84 Å². The van der Waals surface area contributed by atoms with Crippen LogP contribution in [0.5, 0.6) is 0 Å². The highest BCUT2D eigenvalue weighted by atomic mass is 16.7. The van der Waals surface area contributed by atoms with Crippen molar-refractivity contribution in [1.29, 1.82) is 5.26 Å². The quantitative estimate of drug-likeness (QED) is 0.888. The van der Waals surface area contributed by atoms with Crippen LogP contribution in [0.15, 0.2) is 24.3 Å². The molecule has 19 heavy (non-hydrogen) atoms. The molecule has 1 saturated heterocycles. The average Bonchev–Trinajstić information content (AvgIpc) is 2.85. The van der Waals surface area contributed by atoms with Crippen LogP contribution >= 0.6 is 0 Å². The number of hydrogen-bond acceptors (Lipinski definition) is 4. The molecule has 2 rings (SSSR count). The smallest absolute Gasteiger partial charge is 0.135 e. The van der Waals surface area contributed by atoms with Crippen molar-refractivity contribution >= 4 is 0 Å². The van der Waals surface area contributed by atoms with Crippen LogP contribution in [0, 0.1) is 16.7 Å². The van der Waals surface area contributed by atoms with Crippen LogP contribution in [0.4, 0.5) is 0 Å². The Bertz CT molecular complexity index is 488. The summed E-state index contributed by atoms with van der Waals surface area (Å²) in [5, 5.41) is 21.2. The molecule has 1 N–H and O–H groups in total. The number of aliphatic hydroxyl groups excluding tert-OH is 1. The van der Waals surface area contributed by atoms with Crippen LogP contribution in [-0.4, -0.2) is 23.0 Å². The summed E-state index contributed by atoms with van der Waals surface area (Å²) in [6, 6.07) is 9.64. The van der Waals surface area contributed by atoms with Gasteiger partial charge < -0.3 is 5.11 Å². The minimum Gasteiger partial charge on any atom is -0.376 e. The predicted molar refractivity (Wildman–Crippen MR) is 71.8 cm³/mol. The second-order valence-electron chi connectivity index (χ2n) is 5.94. The Morgan fingerprint density at radius 2 is 2.11 bits per heavy atom. The largest absolute Gasteiger partial charge is 0.376 e. The first-order chi connectivity index (χ1) is 8.95. The number of aliphatic hydroxyl groups is 1. The van der Waals surface area contributed by atoms with Crippen molar-refractivity contribution in [2.24, 2.45) is 5.41 Å². The molecule has 0 bridgehead atoms. The molecule has 1 heterocycles. The van der Waals surface area contributed by atoms with Crippen molar-refractivity contribution in [2.45, 2.75) is 39.5 Å². The predicted octanol–water partition coefficient (Wildman–Crippen LogP) is 2.60. The minimum absolute atomic E-state index is 0.0647. The molecule has 1 aliphatic rings. The standard InChI is InChI=1S/C15H20N2O2/c1-15(2,3)14(18)17-13(8-9-19-17)12-7-5-4-6-11(12)10-16/h4-7,13-14,18H,8-9H2,1-3H3/t13-,14?/m0/s1. The SMILES string of the molecule is CC(C)(C)C(O)N1OCC[C@H]1c1ccccc1C#N. The number of benzene rings is 1. The van der Waals surface area contributed by atoms with E-state index in [9.17, 15) is 10.4 Å². The van der Waals surface area contributed by atoms with Gasteiger partial charge in [0.15, 0.2) is 0 Å². The van der Waals surface area contributed by atoms with Gasteiger partial charge in [-0.05, 0) is 18.1 Å². The van der Waals surface area contributed by atoms with Crippen molar-refractivity contribution in [1.82, 2.24) is 5.06 Å². The van der Waals surface area contributed by atoms with Crippen LogP contribution in [0.3, 0.4) is 0 Å². The van der Waals surface area contributed by atoms with Gasteiger partial charge in [0.1, 0.15) is 6.23 Å². The number of hydrogen-bond donors (Lipinski definition) is 1. The average molecular weight is 260 g/mol. The first-order valence-electron chi connectivity index (χ1n) is 6.53. The van der Waals surface area contributed by atoms with E-state index in [1.165, 1.54) is 0 Å². The molecule has 0 aromatic heterocycles. The van der Waals surface area contributed by atoms with E-state index in [0.29, 0.717) is 12.2 Å². The number of rotatable bonds is 2. The van der Waals surface area contributed by atoms with Crippen LogP contribution in [0.1, 0.15) is 44.4 Å². The molecule has 1 aliphatic heterocycles. The number of nitriles is 1. The fraction of sp³-hybridized carbons (Fsp3) is 0.533. The first-order valence-corrected chi connectivity index (χ1v) is 6.53. The Morgan fingerprint density at radius 1 is 1.42 bits per heavy atom. The first kappa shape index (κ1) is 14.0. The van der Waals surface area contributed by atoms with Gasteiger partial charge in [-0.25, -0.2) is 0 Å². The summed E-state index contributed by atoms with van der Waals surface area (Å²) in [6.07, 6.45) is 0.0815. The highest BCUT2D eigenvalue weighted by molar-refractivity contribution is 5.39. The van der Waals surface area contributed by atoms with Crippen LogP contribution < -0.4 is 0 Å². The van der Waals surface area contributed by atoms with Gasteiger partial charge in [0.2, 0.25) is 0 Å². The third-order valence-corrected chi connectivity index (χ3v) is 3.39. The van der Waals surface area contributed by atoms with Crippen LogP contribution in [-0.2, 0) is 4.84 Å². The van der Waals surface area contributed by atoms with E-state index in [1.807, 2.05) is 39.0 Å². The summed E-state index contributed by atoms with van der Waals surface area (Å²) < 4.78 is 0. The lowest BCUT2D eigenvalue weighted by Crippen LogP contribution is -2.42. The molecule has 1 aromatic carbocycles. The van der Waals surface area contributed by atoms with Crippen LogP contribution in [0.25, 0.3) is 0 Å². The molecule has 0 saturated carbocycles. The lowest BCUT2D eigenvalue weighted by molar-refractivity contribution is -0.252. The second kappa shape index (κ2) is 5.30. The monoisotopic (exact) mass is 260 g/mol. The van der Waals surface area contributed by atoms with Crippen molar-refractivity contribution in [3.8, 4) is 6.07 Å². The van der Waals surface area contributed by atoms with E-state index in [0.717, 1.165) is 12.0 Å². The Labute approximate surface area is 114 Å². The van der Waals surface area contributed by atoms with E-state index in [2.05, 4.69) is 6.07 Å². The molecule has 2 atom stereocenters. The molecule has 1 unspecified atom stereocenters. The summed E-state index contributed by atoms with van der Waals surface area (Å²) in [4.78, 5) is 5.58. The third kappa shape index (κ3) is 2.79. The van der Waals surface area contributed by atoms with E-state index >= 15 is 0 Å². The zero-order valence-electron chi connectivity index (χ0n) is 11.6. The van der Waals surface area contributed by atoms with Gasteiger partial charge in [0, 0.05) is 5.41 Å². The number of hydroxylamine groups is 2. The van der Waals surface area contributed by atoms with E-state index in [-0.39, 0.29) is 11.5 Å². The van der Waals surface area contributed by atoms with Crippen molar-refractivity contribution in [3.05, 3.63) is 35.4 Å². The molecule has 4 heteroatoms. The van der Waals surface area contributed by atoms with Crippen molar-refractivity contribution in [2.75, 3.05) is 6.61 Å². The molecular weight excluding hydrogens is 240 g/mol. The minimum atomic E-state index is -0.702. The molecule has 0 spiro atoms. The Balaban J connectivity index is 2.32. The van der Waals surface area contributed by atoms with Crippen molar-refractivity contribution in [3.63, 3.8) is 0 Å². The van der Waals surface area contributed by atoms with Crippen molar-refractivity contribution < 1.29 is 9.94 Å². The maximum Gasteiger partial charge on any atom is 0.135 e. The zero-order valence-corrected chi connectivity index (χ0v) is 11.6. The zero-order chi connectivity index (χ0) is 14.0. The molecule has 1 fully saturated rings. The Morgan fingerprint density at radius 3 is 2.74 bits per heavy atom. The highest BCUT2D eigenvalue weighted by Crippen LogP contribution is 2.37.